The predicted molar refractivity (Wildman–Crippen MR) is 66.6 cm³/mol. The lowest BCUT2D eigenvalue weighted by Gasteiger charge is -2.29. The quantitative estimate of drug-likeness (QED) is 0.625. The zero-order valence-electron chi connectivity index (χ0n) is 10.8. The van der Waals surface area contributed by atoms with Crippen LogP contribution in [0.15, 0.2) is 0 Å². The average Bonchev–Trinajstić information content (AvgIpc) is 2.83. The third-order valence-corrected chi connectivity index (χ3v) is 4.00. The summed E-state index contributed by atoms with van der Waals surface area (Å²) in [5, 5.41) is 12.9. The van der Waals surface area contributed by atoms with Crippen molar-refractivity contribution < 1.29 is 9.84 Å². The lowest BCUT2D eigenvalue weighted by Crippen LogP contribution is -2.37. The molecule has 0 amide bonds. The van der Waals surface area contributed by atoms with E-state index >= 15 is 0 Å². The maximum atomic E-state index is 9.42. The van der Waals surface area contributed by atoms with Gasteiger partial charge < -0.3 is 15.2 Å². The van der Waals surface area contributed by atoms with E-state index in [1.165, 1.54) is 12.8 Å². The van der Waals surface area contributed by atoms with Crippen LogP contribution in [0.25, 0.3) is 0 Å². The largest absolute Gasteiger partial charge is 0.396 e. The summed E-state index contributed by atoms with van der Waals surface area (Å²) in [7, 11) is 0. The Kier molecular flexibility index (Phi) is 6.32. The number of hydrogen-bond donors (Lipinski definition) is 2. The molecule has 1 saturated heterocycles. The van der Waals surface area contributed by atoms with Crippen LogP contribution in [0.3, 0.4) is 0 Å². The van der Waals surface area contributed by atoms with Crippen LogP contribution in [0.5, 0.6) is 0 Å². The lowest BCUT2D eigenvalue weighted by atomic mass is 9.83. The monoisotopic (exact) mass is 229 g/mol. The van der Waals surface area contributed by atoms with Gasteiger partial charge in [-0.1, -0.05) is 13.8 Å². The number of nitrogens with one attached hydrogen (secondary N) is 1. The van der Waals surface area contributed by atoms with Crippen molar-refractivity contribution in [3.05, 3.63) is 0 Å². The Balaban J connectivity index is 2.12. The van der Waals surface area contributed by atoms with Crippen molar-refractivity contribution in [2.75, 3.05) is 26.3 Å². The highest BCUT2D eigenvalue weighted by Gasteiger charge is 2.24. The summed E-state index contributed by atoms with van der Waals surface area (Å²) in [4.78, 5) is 0. The zero-order valence-corrected chi connectivity index (χ0v) is 10.8. The molecule has 1 rings (SSSR count). The standard InChI is InChI=1S/C13H27NO2/c1-3-13(4-2,11-15)10-14-8-7-12-6-5-9-16-12/h12,14-15H,3-11H2,1-2H3. The first kappa shape index (κ1) is 13.9. The van der Waals surface area contributed by atoms with Crippen LogP contribution in [0.4, 0.5) is 0 Å². The number of rotatable bonds is 8. The summed E-state index contributed by atoms with van der Waals surface area (Å²) in [6, 6.07) is 0. The normalized spacial score (nSPS) is 21.6. The summed E-state index contributed by atoms with van der Waals surface area (Å²) < 4.78 is 5.57. The molecule has 1 unspecified atom stereocenters. The first-order chi connectivity index (χ1) is 7.76. The minimum absolute atomic E-state index is 0.0799. The summed E-state index contributed by atoms with van der Waals surface area (Å²) in [5.74, 6) is 0. The van der Waals surface area contributed by atoms with Gasteiger partial charge >= 0.3 is 0 Å². The van der Waals surface area contributed by atoms with Crippen LogP contribution in [0, 0.1) is 5.41 Å². The summed E-state index contributed by atoms with van der Waals surface area (Å²) in [5.41, 5.74) is 0.0799. The van der Waals surface area contributed by atoms with Gasteiger partial charge in [-0.15, -0.1) is 0 Å². The first-order valence-corrected chi connectivity index (χ1v) is 6.69. The lowest BCUT2D eigenvalue weighted by molar-refractivity contribution is 0.0957. The van der Waals surface area contributed by atoms with E-state index in [9.17, 15) is 5.11 Å². The van der Waals surface area contributed by atoms with E-state index in [1.54, 1.807) is 0 Å². The molecule has 1 heterocycles. The van der Waals surface area contributed by atoms with Crippen LogP contribution >= 0.6 is 0 Å². The maximum absolute atomic E-state index is 9.42. The molecule has 0 spiro atoms. The molecular weight excluding hydrogens is 202 g/mol. The Bertz CT molecular complexity index is 167. The molecule has 0 aliphatic carbocycles. The molecule has 96 valence electrons. The van der Waals surface area contributed by atoms with Crippen molar-refractivity contribution in [1.82, 2.24) is 5.32 Å². The molecule has 3 heteroatoms. The highest BCUT2D eigenvalue weighted by molar-refractivity contribution is 4.78. The fraction of sp³-hybridized carbons (Fsp3) is 1.00. The molecule has 1 atom stereocenters. The van der Waals surface area contributed by atoms with Gasteiger partial charge in [-0.25, -0.2) is 0 Å². The Labute approximate surface area is 99.6 Å². The van der Waals surface area contributed by atoms with Gasteiger partial charge in [0.1, 0.15) is 0 Å². The van der Waals surface area contributed by atoms with E-state index in [2.05, 4.69) is 19.2 Å². The third kappa shape index (κ3) is 4.04. The molecule has 0 bridgehead atoms. The molecule has 1 fully saturated rings. The number of hydrogen-bond acceptors (Lipinski definition) is 3. The Hall–Kier alpha value is -0.120. The van der Waals surface area contributed by atoms with Crippen LogP contribution in [0.2, 0.25) is 0 Å². The molecular formula is C13H27NO2. The fourth-order valence-corrected chi connectivity index (χ4v) is 2.27. The third-order valence-electron chi connectivity index (χ3n) is 4.00. The molecule has 0 aromatic carbocycles. The minimum Gasteiger partial charge on any atom is -0.396 e. The van der Waals surface area contributed by atoms with Crippen molar-refractivity contribution in [2.45, 2.75) is 52.1 Å². The van der Waals surface area contributed by atoms with E-state index in [0.29, 0.717) is 6.10 Å². The molecule has 3 nitrogen and oxygen atoms in total. The Morgan fingerprint density at radius 1 is 1.38 bits per heavy atom. The van der Waals surface area contributed by atoms with E-state index in [1.807, 2.05) is 0 Å². The highest BCUT2D eigenvalue weighted by atomic mass is 16.5. The SMILES string of the molecule is CCC(CC)(CO)CNCCC1CCCO1. The molecule has 1 aliphatic rings. The van der Waals surface area contributed by atoms with Gasteiger partial charge in [0.2, 0.25) is 0 Å². The van der Waals surface area contributed by atoms with Crippen molar-refractivity contribution >= 4 is 0 Å². The Morgan fingerprint density at radius 2 is 2.12 bits per heavy atom. The predicted octanol–water partition coefficient (Wildman–Crippen LogP) is 1.94. The average molecular weight is 229 g/mol. The van der Waals surface area contributed by atoms with Crippen LogP contribution in [-0.2, 0) is 4.74 Å². The van der Waals surface area contributed by atoms with E-state index in [4.69, 9.17) is 4.74 Å². The molecule has 16 heavy (non-hydrogen) atoms. The molecule has 1 aliphatic heterocycles. The maximum Gasteiger partial charge on any atom is 0.0588 e. The molecule has 0 saturated carbocycles. The van der Waals surface area contributed by atoms with E-state index < -0.39 is 0 Å². The summed E-state index contributed by atoms with van der Waals surface area (Å²) in [6.45, 7) is 7.46. The van der Waals surface area contributed by atoms with E-state index in [-0.39, 0.29) is 12.0 Å². The molecule has 0 aromatic rings. The smallest absolute Gasteiger partial charge is 0.0588 e. The fourth-order valence-electron chi connectivity index (χ4n) is 2.27. The van der Waals surface area contributed by atoms with Gasteiger partial charge in [0, 0.05) is 25.2 Å². The van der Waals surface area contributed by atoms with Crippen LogP contribution in [0.1, 0.15) is 46.0 Å². The van der Waals surface area contributed by atoms with Crippen LogP contribution in [-0.4, -0.2) is 37.5 Å². The van der Waals surface area contributed by atoms with Crippen molar-refractivity contribution in [2.24, 2.45) is 5.41 Å². The van der Waals surface area contributed by atoms with Crippen molar-refractivity contribution in [1.29, 1.82) is 0 Å². The van der Waals surface area contributed by atoms with Crippen molar-refractivity contribution in [3.63, 3.8) is 0 Å². The number of aliphatic hydroxyl groups excluding tert-OH is 1. The topological polar surface area (TPSA) is 41.5 Å². The van der Waals surface area contributed by atoms with E-state index in [0.717, 1.165) is 39.0 Å². The van der Waals surface area contributed by atoms with Gasteiger partial charge in [0.15, 0.2) is 0 Å². The highest BCUT2D eigenvalue weighted by Crippen LogP contribution is 2.24. The number of ether oxygens (including phenoxy) is 1. The molecule has 0 aromatic heterocycles. The number of aliphatic hydroxyl groups is 1. The van der Waals surface area contributed by atoms with Gasteiger partial charge in [-0.2, -0.15) is 0 Å². The molecule has 0 radical (unpaired) electrons. The van der Waals surface area contributed by atoms with Gasteiger partial charge in [0.05, 0.1) is 6.10 Å². The minimum atomic E-state index is 0.0799. The summed E-state index contributed by atoms with van der Waals surface area (Å²) >= 11 is 0. The second-order valence-electron chi connectivity index (χ2n) is 4.97. The van der Waals surface area contributed by atoms with Crippen LogP contribution < -0.4 is 5.32 Å². The van der Waals surface area contributed by atoms with Crippen molar-refractivity contribution in [3.8, 4) is 0 Å². The molecule has 2 N–H and O–H groups in total. The second kappa shape index (κ2) is 7.25. The summed E-state index contributed by atoms with van der Waals surface area (Å²) in [6.07, 6.45) is 6.08. The van der Waals surface area contributed by atoms with Gasteiger partial charge in [0.25, 0.3) is 0 Å². The first-order valence-electron chi connectivity index (χ1n) is 6.69. The zero-order chi connectivity index (χ0) is 11.9. The van der Waals surface area contributed by atoms with Gasteiger partial charge in [-0.05, 0) is 38.6 Å². The van der Waals surface area contributed by atoms with Gasteiger partial charge in [-0.3, -0.25) is 0 Å². The second-order valence-corrected chi connectivity index (χ2v) is 4.97. The Morgan fingerprint density at radius 3 is 2.62 bits per heavy atom.